The molecular weight excluding hydrogens is 340 g/mol. The Balaban J connectivity index is 1.87. The van der Waals surface area contributed by atoms with Gasteiger partial charge in [0.05, 0.1) is 5.57 Å². The summed E-state index contributed by atoms with van der Waals surface area (Å²) in [4.78, 5) is 24.5. The van der Waals surface area contributed by atoms with Gasteiger partial charge in [0.15, 0.2) is 11.6 Å². The van der Waals surface area contributed by atoms with Crippen molar-refractivity contribution >= 4 is 11.9 Å². The van der Waals surface area contributed by atoms with E-state index in [4.69, 9.17) is 4.74 Å². The number of benzene rings is 2. The fraction of sp³-hybridized carbons (Fsp3) is 0.200. The highest BCUT2D eigenvalue weighted by Gasteiger charge is 2.33. The number of hydrogen-bond acceptors (Lipinski definition) is 3. The minimum absolute atomic E-state index is 0.0435. The molecule has 0 fully saturated rings. The third-order valence-corrected chi connectivity index (χ3v) is 4.25. The summed E-state index contributed by atoms with van der Waals surface area (Å²) in [5.74, 6) is -3.59. The van der Waals surface area contributed by atoms with E-state index in [0.29, 0.717) is 11.3 Å². The summed E-state index contributed by atoms with van der Waals surface area (Å²) in [6.07, 6.45) is -0.0435. The maximum atomic E-state index is 13.6. The summed E-state index contributed by atoms with van der Waals surface area (Å²) in [7, 11) is 0. The maximum Gasteiger partial charge on any atom is 0.336 e. The van der Waals surface area contributed by atoms with Gasteiger partial charge in [0.2, 0.25) is 5.91 Å². The second kappa shape index (κ2) is 7.47. The lowest BCUT2D eigenvalue weighted by atomic mass is 9.84. The van der Waals surface area contributed by atoms with E-state index in [2.05, 4.69) is 5.32 Å². The van der Waals surface area contributed by atoms with Gasteiger partial charge < -0.3 is 10.1 Å². The van der Waals surface area contributed by atoms with Crippen LogP contribution >= 0.6 is 0 Å². The standard InChI is InChI=1S/C20H17F2NO3/c1-12-19(20(25)26-11-13-5-3-2-4-6-13)15(10-18(24)23-12)14-7-8-16(21)17(22)9-14/h2-9,15H,10-11H2,1H3,(H,23,24)/t15-/m0/s1. The van der Waals surface area contributed by atoms with Crippen LogP contribution in [0.1, 0.15) is 30.4 Å². The number of nitrogens with one attached hydrogen (secondary N) is 1. The van der Waals surface area contributed by atoms with Gasteiger partial charge in [-0.3, -0.25) is 4.79 Å². The van der Waals surface area contributed by atoms with Crippen LogP contribution in [0.4, 0.5) is 8.78 Å². The van der Waals surface area contributed by atoms with Crippen LogP contribution in [-0.2, 0) is 20.9 Å². The Morgan fingerprint density at radius 2 is 1.88 bits per heavy atom. The lowest BCUT2D eigenvalue weighted by Crippen LogP contribution is -2.34. The van der Waals surface area contributed by atoms with Crippen LogP contribution in [0, 0.1) is 11.6 Å². The molecule has 1 aliphatic heterocycles. The molecule has 0 aliphatic carbocycles. The second-order valence-electron chi connectivity index (χ2n) is 6.08. The Bertz CT molecular complexity index is 878. The van der Waals surface area contributed by atoms with Crippen molar-refractivity contribution in [1.29, 1.82) is 0 Å². The summed E-state index contributed by atoms with van der Waals surface area (Å²) in [5.41, 5.74) is 1.77. The molecule has 0 aromatic heterocycles. The van der Waals surface area contributed by atoms with Crippen molar-refractivity contribution in [2.24, 2.45) is 0 Å². The van der Waals surface area contributed by atoms with E-state index < -0.39 is 23.5 Å². The SMILES string of the molecule is CC1=C(C(=O)OCc2ccccc2)[C@H](c2ccc(F)c(F)c2)CC(=O)N1. The van der Waals surface area contributed by atoms with E-state index in [-0.39, 0.29) is 24.5 Å². The monoisotopic (exact) mass is 357 g/mol. The third kappa shape index (κ3) is 3.79. The first-order chi connectivity index (χ1) is 12.5. The van der Waals surface area contributed by atoms with Crippen molar-refractivity contribution < 1.29 is 23.1 Å². The highest BCUT2D eigenvalue weighted by molar-refractivity contribution is 5.95. The molecule has 0 radical (unpaired) electrons. The van der Waals surface area contributed by atoms with Gasteiger partial charge in [0, 0.05) is 18.0 Å². The topological polar surface area (TPSA) is 55.4 Å². The summed E-state index contributed by atoms with van der Waals surface area (Å²) < 4.78 is 32.2. The zero-order valence-electron chi connectivity index (χ0n) is 14.1. The van der Waals surface area contributed by atoms with E-state index in [9.17, 15) is 18.4 Å². The number of hydrogen-bond donors (Lipinski definition) is 1. The normalized spacial score (nSPS) is 17.0. The van der Waals surface area contributed by atoms with Crippen LogP contribution in [0.25, 0.3) is 0 Å². The van der Waals surface area contributed by atoms with E-state index >= 15 is 0 Å². The van der Waals surface area contributed by atoms with Gasteiger partial charge in [-0.2, -0.15) is 0 Å². The summed E-state index contributed by atoms with van der Waals surface area (Å²) in [6, 6.07) is 12.5. The Hall–Kier alpha value is -3.02. The number of rotatable bonds is 4. The number of carbonyl (C=O) groups excluding carboxylic acids is 2. The molecule has 0 unspecified atom stereocenters. The molecule has 6 heteroatoms. The molecule has 0 spiro atoms. The zero-order chi connectivity index (χ0) is 18.7. The van der Waals surface area contributed by atoms with Gasteiger partial charge in [0.1, 0.15) is 6.61 Å². The number of allylic oxidation sites excluding steroid dienone is 1. The Kier molecular flexibility index (Phi) is 5.11. The van der Waals surface area contributed by atoms with Gasteiger partial charge in [-0.05, 0) is 30.2 Å². The molecule has 26 heavy (non-hydrogen) atoms. The van der Waals surface area contributed by atoms with Gasteiger partial charge in [-0.15, -0.1) is 0 Å². The predicted molar refractivity (Wildman–Crippen MR) is 90.8 cm³/mol. The molecule has 1 amide bonds. The van der Waals surface area contributed by atoms with Gasteiger partial charge in [-0.25, -0.2) is 13.6 Å². The molecule has 1 aliphatic rings. The minimum atomic E-state index is -1.02. The smallest absolute Gasteiger partial charge is 0.336 e. The lowest BCUT2D eigenvalue weighted by molar-refractivity contribution is -0.141. The first kappa shape index (κ1) is 17.8. The highest BCUT2D eigenvalue weighted by Crippen LogP contribution is 2.34. The van der Waals surface area contributed by atoms with Crippen LogP contribution in [-0.4, -0.2) is 11.9 Å². The number of carbonyl (C=O) groups is 2. The van der Waals surface area contributed by atoms with Crippen LogP contribution in [0.3, 0.4) is 0 Å². The average molecular weight is 357 g/mol. The van der Waals surface area contributed by atoms with Gasteiger partial charge >= 0.3 is 5.97 Å². The Morgan fingerprint density at radius 1 is 1.15 bits per heavy atom. The van der Waals surface area contributed by atoms with Crippen LogP contribution in [0.5, 0.6) is 0 Å². The minimum Gasteiger partial charge on any atom is -0.457 e. The maximum absolute atomic E-state index is 13.6. The fourth-order valence-electron chi connectivity index (χ4n) is 2.99. The molecule has 4 nitrogen and oxygen atoms in total. The number of ether oxygens (including phenoxy) is 1. The molecule has 1 heterocycles. The molecule has 0 bridgehead atoms. The summed E-state index contributed by atoms with van der Waals surface area (Å²) >= 11 is 0. The first-order valence-corrected chi connectivity index (χ1v) is 8.12. The van der Waals surface area contributed by atoms with E-state index in [0.717, 1.165) is 17.7 Å². The fourth-order valence-corrected chi connectivity index (χ4v) is 2.99. The Morgan fingerprint density at radius 3 is 2.58 bits per heavy atom. The molecule has 3 rings (SSSR count). The van der Waals surface area contributed by atoms with Gasteiger partial charge in [-0.1, -0.05) is 36.4 Å². The molecule has 0 saturated carbocycles. The van der Waals surface area contributed by atoms with Crippen LogP contribution in [0.15, 0.2) is 59.8 Å². The van der Waals surface area contributed by atoms with Crippen molar-refractivity contribution in [3.8, 4) is 0 Å². The van der Waals surface area contributed by atoms with Crippen LogP contribution < -0.4 is 5.32 Å². The van der Waals surface area contributed by atoms with E-state index in [1.165, 1.54) is 6.07 Å². The molecule has 2 aromatic rings. The van der Waals surface area contributed by atoms with Gasteiger partial charge in [0.25, 0.3) is 0 Å². The molecular formula is C20H17F2NO3. The first-order valence-electron chi connectivity index (χ1n) is 8.12. The van der Waals surface area contributed by atoms with E-state index in [1.54, 1.807) is 6.92 Å². The van der Waals surface area contributed by atoms with Crippen molar-refractivity contribution in [2.45, 2.75) is 25.9 Å². The molecule has 1 atom stereocenters. The molecule has 0 saturated heterocycles. The predicted octanol–water partition coefficient (Wildman–Crippen LogP) is 3.59. The number of esters is 1. The van der Waals surface area contributed by atoms with Crippen molar-refractivity contribution in [1.82, 2.24) is 5.32 Å². The highest BCUT2D eigenvalue weighted by atomic mass is 19.2. The van der Waals surface area contributed by atoms with Crippen molar-refractivity contribution in [2.75, 3.05) is 0 Å². The molecule has 2 aromatic carbocycles. The van der Waals surface area contributed by atoms with Crippen LogP contribution in [0.2, 0.25) is 0 Å². The zero-order valence-corrected chi connectivity index (χ0v) is 14.1. The lowest BCUT2D eigenvalue weighted by Gasteiger charge is -2.26. The summed E-state index contributed by atoms with van der Waals surface area (Å²) in [5, 5.41) is 2.61. The van der Waals surface area contributed by atoms with E-state index in [1.807, 2.05) is 30.3 Å². The average Bonchev–Trinajstić information content (AvgIpc) is 2.62. The quantitative estimate of drug-likeness (QED) is 0.851. The summed E-state index contributed by atoms with van der Waals surface area (Å²) in [6.45, 7) is 1.66. The van der Waals surface area contributed by atoms with Crippen molar-refractivity contribution in [3.05, 3.63) is 82.6 Å². The molecule has 134 valence electrons. The number of amides is 1. The Labute approximate surface area is 149 Å². The number of halogens is 2. The van der Waals surface area contributed by atoms with Crippen molar-refractivity contribution in [3.63, 3.8) is 0 Å². The second-order valence-corrected chi connectivity index (χ2v) is 6.08. The largest absolute Gasteiger partial charge is 0.457 e. The third-order valence-electron chi connectivity index (χ3n) is 4.25. The molecule has 1 N–H and O–H groups in total.